The number of anilines is 1. The van der Waals surface area contributed by atoms with Gasteiger partial charge in [0.25, 0.3) is 5.91 Å². The smallest absolute Gasteiger partial charge is 0.296 e. The molecular formula is C26H22N2O3S. The van der Waals surface area contributed by atoms with E-state index in [1.807, 2.05) is 48.5 Å². The first-order valence-electron chi connectivity index (χ1n) is 10.3. The Morgan fingerprint density at radius 1 is 1.06 bits per heavy atom. The Bertz CT molecular complexity index is 1440. The van der Waals surface area contributed by atoms with E-state index in [0.29, 0.717) is 23.0 Å². The van der Waals surface area contributed by atoms with Crippen LogP contribution in [0.5, 0.6) is 5.75 Å². The van der Waals surface area contributed by atoms with E-state index in [1.54, 1.807) is 18.1 Å². The first kappa shape index (κ1) is 20.3. The van der Waals surface area contributed by atoms with Gasteiger partial charge in [-0.05, 0) is 48.7 Å². The average Bonchev–Trinajstić information content (AvgIpc) is 3.42. The normalized spacial score (nSPS) is 11.2. The Morgan fingerprint density at radius 3 is 2.66 bits per heavy atom. The van der Waals surface area contributed by atoms with E-state index in [2.05, 4.69) is 26.0 Å². The molecule has 5 aromatic rings. The standard InChI is InChI=1S/C26H22N2O3S/c1-16-12-17(2)24-20(13-16)27-26(32-24)28(15-18-8-5-4-6-9-18)25(29)22-14-19-10-7-11-21(30-3)23(19)31-22/h4-14H,15H2,1-3H3. The van der Waals surface area contributed by atoms with E-state index in [9.17, 15) is 4.79 Å². The van der Waals surface area contributed by atoms with Gasteiger partial charge in [-0.2, -0.15) is 0 Å². The van der Waals surface area contributed by atoms with Crippen LogP contribution in [0.15, 0.2) is 71.1 Å². The van der Waals surface area contributed by atoms with Crippen LogP contribution < -0.4 is 9.64 Å². The number of ether oxygens (including phenoxy) is 1. The predicted molar refractivity (Wildman–Crippen MR) is 129 cm³/mol. The van der Waals surface area contributed by atoms with E-state index in [0.717, 1.165) is 32.3 Å². The summed E-state index contributed by atoms with van der Waals surface area (Å²) < 4.78 is 12.5. The molecule has 2 heterocycles. The minimum atomic E-state index is -0.236. The number of para-hydroxylation sites is 1. The summed E-state index contributed by atoms with van der Waals surface area (Å²) in [7, 11) is 1.59. The molecule has 5 rings (SSSR count). The zero-order valence-electron chi connectivity index (χ0n) is 18.1. The molecule has 160 valence electrons. The van der Waals surface area contributed by atoms with Crippen LogP contribution in [0.3, 0.4) is 0 Å². The van der Waals surface area contributed by atoms with E-state index >= 15 is 0 Å². The van der Waals surface area contributed by atoms with Crippen molar-refractivity contribution in [2.45, 2.75) is 20.4 Å². The molecule has 0 N–H and O–H groups in total. The largest absolute Gasteiger partial charge is 0.493 e. The number of thiazole rings is 1. The van der Waals surface area contributed by atoms with E-state index in [-0.39, 0.29) is 11.7 Å². The highest BCUT2D eigenvalue weighted by Crippen LogP contribution is 2.35. The number of carbonyl (C=O) groups is 1. The van der Waals surface area contributed by atoms with Gasteiger partial charge in [0, 0.05) is 5.39 Å². The van der Waals surface area contributed by atoms with Gasteiger partial charge >= 0.3 is 0 Å². The van der Waals surface area contributed by atoms with Crippen molar-refractivity contribution in [2.75, 3.05) is 12.0 Å². The molecule has 0 bridgehead atoms. The van der Waals surface area contributed by atoms with E-state index in [4.69, 9.17) is 14.1 Å². The number of aryl methyl sites for hydroxylation is 2. The number of fused-ring (bicyclic) bond motifs is 2. The Morgan fingerprint density at radius 2 is 1.88 bits per heavy atom. The fraction of sp³-hybridized carbons (Fsp3) is 0.154. The molecule has 0 saturated heterocycles. The third-order valence-electron chi connectivity index (χ3n) is 5.41. The summed E-state index contributed by atoms with van der Waals surface area (Å²) in [6.45, 7) is 4.53. The second-order valence-electron chi connectivity index (χ2n) is 7.79. The van der Waals surface area contributed by atoms with Crippen molar-refractivity contribution >= 4 is 43.6 Å². The molecule has 6 heteroatoms. The highest BCUT2D eigenvalue weighted by molar-refractivity contribution is 7.22. The molecule has 0 aliphatic carbocycles. The highest BCUT2D eigenvalue weighted by atomic mass is 32.1. The minimum Gasteiger partial charge on any atom is -0.493 e. The number of carbonyl (C=O) groups excluding carboxylic acids is 1. The molecule has 0 unspecified atom stereocenters. The van der Waals surface area contributed by atoms with E-state index in [1.165, 1.54) is 11.3 Å². The van der Waals surface area contributed by atoms with E-state index < -0.39 is 0 Å². The summed E-state index contributed by atoms with van der Waals surface area (Å²) in [4.78, 5) is 20.2. The van der Waals surface area contributed by atoms with Crippen LogP contribution in [0.25, 0.3) is 21.2 Å². The predicted octanol–water partition coefficient (Wildman–Crippen LogP) is 6.51. The van der Waals surface area contributed by atoms with Gasteiger partial charge in [0.15, 0.2) is 22.2 Å². The summed E-state index contributed by atoms with van der Waals surface area (Å²) in [5.41, 5.74) is 4.79. The number of hydrogen-bond acceptors (Lipinski definition) is 5. The van der Waals surface area contributed by atoms with Gasteiger partial charge in [0.05, 0.1) is 23.9 Å². The van der Waals surface area contributed by atoms with Crippen LogP contribution in [0.4, 0.5) is 5.13 Å². The molecule has 0 fully saturated rings. The van der Waals surface area contributed by atoms with Crippen molar-refractivity contribution in [2.24, 2.45) is 0 Å². The molecule has 2 aromatic heterocycles. The van der Waals surface area contributed by atoms with Crippen LogP contribution in [0.2, 0.25) is 0 Å². The molecule has 32 heavy (non-hydrogen) atoms. The number of furan rings is 1. The fourth-order valence-electron chi connectivity index (χ4n) is 3.91. The number of aromatic nitrogens is 1. The molecular weight excluding hydrogens is 420 g/mol. The number of amides is 1. The molecule has 5 nitrogen and oxygen atoms in total. The lowest BCUT2D eigenvalue weighted by atomic mass is 10.1. The monoisotopic (exact) mass is 442 g/mol. The maximum Gasteiger partial charge on any atom is 0.296 e. The van der Waals surface area contributed by atoms with Crippen LogP contribution in [0.1, 0.15) is 27.2 Å². The number of hydrogen-bond donors (Lipinski definition) is 0. The summed E-state index contributed by atoms with van der Waals surface area (Å²) in [5, 5.41) is 1.47. The van der Waals surface area contributed by atoms with Crippen molar-refractivity contribution in [1.29, 1.82) is 0 Å². The number of nitrogens with zero attached hydrogens (tertiary/aromatic N) is 2. The quantitative estimate of drug-likeness (QED) is 0.311. The topological polar surface area (TPSA) is 55.6 Å². The summed E-state index contributed by atoms with van der Waals surface area (Å²) >= 11 is 1.53. The SMILES string of the molecule is COc1cccc2cc(C(=O)N(Cc3ccccc3)c3nc4cc(C)cc(C)c4s3)oc12. The zero-order chi connectivity index (χ0) is 22.2. The lowest BCUT2D eigenvalue weighted by Crippen LogP contribution is -2.30. The van der Waals surface area contributed by atoms with Gasteiger partial charge in [-0.1, -0.05) is 59.9 Å². The van der Waals surface area contributed by atoms with Gasteiger partial charge in [0.2, 0.25) is 0 Å². The Hall–Kier alpha value is -3.64. The Balaban J connectivity index is 1.61. The van der Waals surface area contributed by atoms with Gasteiger partial charge < -0.3 is 9.15 Å². The molecule has 0 radical (unpaired) electrons. The molecule has 0 spiro atoms. The third kappa shape index (κ3) is 3.63. The highest BCUT2D eigenvalue weighted by Gasteiger charge is 2.25. The first-order valence-corrected chi connectivity index (χ1v) is 11.2. The maximum absolute atomic E-state index is 13.7. The number of methoxy groups -OCH3 is 1. The summed E-state index contributed by atoms with van der Waals surface area (Å²) in [6, 6.07) is 21.5. The lowest BCUT2D eigenvalue weighted by molar-refractivity contribution is 0.0960. The van der Waals surface area contributed by atoms with Crippen LogP contribution in [-0.2, 0) is 6.54 Å². The van der Waals surface area contributed by atoms with Crippen molar-refractivity contribution in [3.63, 3.8) is 0 Å². The van der Waals surface area contributed by atoms with Crippen LogP contribution >= 0.6 is 11.3 Å². The first-order chi connectivity index (χ1) is 15.5. The Labute approximate surface area is 189 Å². The molecule has 3 aromatic carbocycles. The number of benzene rings is 3. The maximum atomic E-state index is 13.7. The van der Waals surface area contributed by atoms with Crippen molar-refractivity contribution in [3.05, 3.63) is 89.2 Å². The van der Waals surface area contributed by atoms with Gasteiger partial charge in [-0.3, -0.25) is 9.69 Å². The molecule has 0 atom stereocenters. The zero-order valence-corrected chi connectivity index (χ0v) is 18.9. The molecule has 0 saturated carbocycles. The summed E-state index contributed by atoms with van der Waals surface area (Å²) in [5.74, 6) is 0.621. The minimum absolute atomic E-state index is 0.236. The van der Waals surface area contributed by atoms with Gasteiger partial charge in [-0.25, -0.2) is 4.98 Å². The average molecular weight is 443 g/mol. The number of rotatable bonds is 5. The van der Waals surface area contributed by atoms with Gasteiger partial charge in [0.1, 0.15) is 0 Å². The van der Waals surface area contributed by atoms with Crippen molar-refractivity contribution in [1.82, 2.24) is 4.98 Å². The third-order valence-corrected chi connectivity index (χ3v) is 6.64. The van der Waals surface area contributed by atoms with Crippen LogP contribution in [0, 0.1) is 13.8 Å². The molecule has 0 aliphatic rings. The van der Waals surface area contributed by atoms with Crippen molar-refractivity contribution in [3.8, 4) is 5.75 Å². The van der Waals surface area contributed by atoms with Crippen LogP contribution in [-0.4, -0.2) is 18.0 Å². The fourth-order valence-corrected chi connectivity index (χ4v) is 4.92. The lowest BCUT2D eigenvalue weighted by Gasteiger charge is -2.18. The molecule has 1 amide bonds. The van der Waals surface area contributed by atoms with Crippen molar-refractivity contribution < 1.29 is 13.9 Å². The molecule has 0 aliphatic heterocycles. The second kappa shape index (κ2) is 8.13. The van der Waals surface area contributed by atoms with Gasteiger partial charge in [-0.15, -0.1) is 0 Å². The second-order valence-corrected chi connectivity index (χ2v) is 8.77. The summed E-state index contributed by atoms with van der Waals surface area (Å²) in [6.07, 6.45) is 0. The Kier molecular flexibility index (Phi) is 5.15.